The first kappa shape index (κ1) is 24.0. The van der Waals surface area contributed by atoms with E-state index in [1.807, 2.05) is 4.90 Å². The van der Waals surface area contributed by atoms with Gasteiger partial charge < -0.3 is 15.0 Å². The lowest BCUT2D eigenvalue weighted by molar-refractivity contribution is -0.152. The normalized spacial score (nSPS) is 23.6. The van der Waals surface area contributed by atoms with Crippen molar-refractivity contribution in [1.82, 2.24) is 15.1 Å². The molecule has 2 fully saturated rings. The van der Waals surface area contributed by atoms with Crippen LogP contribution < -0.4 is 5.32 Å². The Morgan fingerprint density at radius 2 is 1.51 bits per heavy atom. The van der Waals surface area contributed by atoms with Crippen LogP contribution in [0.3, 0.4) is 0 Å². The van der Waals surface area contributed by atoms with Crippen LogP contribution in [0.15, 0.2) is 48.5 Å². The van der Waals surface area contributed by atoms with Crippen molar-refractivity contribution < 1.29 is 14.3 Å². The molecule has 0 bridgehead atoms. The van der Waals surface area contributed by atoms with Gasteiger partial charge in [-0.2, -0.15) is 0 Å². The summed E-state index contributed by atoms with van der Waals surface area (Å²) in [7, 11) is 0. The Morgan fingerprint density at radius 1 is 0.914 bits per heavy atom. The molecular weight excluding hydrogens is 438 g/mol. The summed E-state index contributed by atoms with van der Waals surface area (Å²) < 4.78 is 5.45. The number of amides is 2. The van der Waals surface area contributed by atoms with Gasteiger partial charge in [0.1, 0.15) is 12.1 Å². The zero-order chi connectivity index (χ0) is 24.4. The number of morpholine rings is 1. The minimum Gasteiger partial charge on any atom is -0.379 e. The van der Waals surface area contributed by atoms with E-state index in [0.717, 1.165) is 51.3 Å². The predicted octanol–water partition coefficient (Wildman–Crippen LogP) is 3.18. The number of nitrogens with one attached hydrogen (secondary N) is 1. The molecule has 2 aromatic rings. The van der Waals surface area contributed by atoms with Crippen LogP contribution in [0.4, 0.5) is 0 Å². The third-order valence-electron chi connectivity index (χ3n) is 7.66. The number of carbonyl (C=O) groups excluding carboxylic acids is 2. The van der Waals surface area contributed by atoms with E-state index in [4.69, 9.17) is 4.74 Å². The Hall–Kier alpha value is -2.70. The van der Waals surface area contributed by atoms with Crippen molar-refractivity contribution >= 4 is 11.8 Å². The van der Waals surface area contributed by atoms with Crippen molar-refractivity contribution in [2.24, 2.45) is 11.8 Å². The summed E-state index contributed by atoms with van der Waals surface area (Å²) in [5.74, 6) is 0.486. The van der Waals surface area contributed by atoms with Crippen LogP contribution in [0.2, 0.25) is 0 Å². The van der Waals surface area contributed by atoms with Crippen molar-refractivity contribution in [1.29, 1.82) is 0 Å². The van der Waals surface area contributed by atoms with Gasteiger partial charge >= 0.3 is 0 Å². The molecule has 6 heteroatoms. The molecule has 5 rings (SSSR count). The average molecular weight is 476 g/mol. The molecule has 0 unspecified atom stereocenters. The largest absolute Gasteiger partial charge is 0.379 e. The predicted molar refractivity (Wildman–Crippen MR) is 136 cm³/mol. The van der Waals surface area contributed by atoms with Gasteiger partial charge in [-0.05, 0) is 53.4 Å². The highest BCUT2D eigenvalue weighted by molar-refractivity contribution is 5.97. The van der Waals surface area contributed by atoms with E-state index in [2.05, 4.69) is 72.6 Å². The first-order valence-corrected chi connectivity index (χ1v) is 13.0. The first-order chi connectivity index (χ1) is 17.0. The standard InChI is InChI=1S/C29H37N3O3/c1-20(2)15-26-28(33)30-27(25-16-23-5-3-4-6-24(23)17-25)29(34)32(26)19-22-9-7-21(8-10-22)18-31-11-13-35-14-12-31/h3-10,20,25-27H,11-19H2,1-2H3,(H,30,33)/t26-,27-/m1/s1. The summed E-state index contributed by atoms with van der Waals surface area (Å²) in [6, 6.07) is 16.0. The second kappa shape index (κ2) is 10.5. The number of fused-ring (bicyclic) bond motifs is 1. The van der Waals surface area contributed by atoms with E-state index >= 15 is 0 Å². The fraction of sp³-hybridized carbons (Fsp3) is 0.517. The van der Waals surface area contributed by atoms with Crippen LogP contribution in [0.25, 0.3) is 0 Å². The molecule has 2 aliphatic heterocycles. The zero-order valence-electron chi connectivity index (χ0n) is 20.9. The topological polar surface area (TPSA) is 61.9 Å². The third kappa shape index (κ3) is 5.44. The maximum atomic E-state index is 13.8. The summed E-state index contributed by atoms with van der Waals surface area (Å²) in [5.41, 5.74) is 4.93. The molecule has 1 aliphatic carbocycles. The van der Waals surface area contributed by atoms with Gasteiger partial charge in [0.2, 0.25) is 11.8 Å². The molecule has 2 heterocycles. The molecule has 0 saturated carbocycles. The lowest BCUT2D eigenvalue weighted by Gasteiger charge is -2.41. The fourth-order valence-corrected chi connectivity index (χ4v) is 5.77. The zero-order valence-corrected chi connectivity index (χ0v) is 20.9. The van der Waals surface area contributed by atoms with Crippen molar-refractivity contribution in [2.75, 3.05) is 26.3 Å². The number of nitrogens with zero attached hydrogens (tertiary/aromatic N) is 2. The maximum Gasteiger partial charge on any atom is 0.246 e. The van der Waals surface area contributed by atoms with E-state index in [0.29, 0.717) is 18.9 Å². The highest BCUT2D eigenvalue weighted by Crippen LogP contribution is 2.32. The Bertz CT molecular complexity index is 1020. The molecule has 2 amide bonds. The highest BCUT2D eigenvalue weighted by Gasteiger charge is 2.45. The van der Waals surface area contributed by atoms with Crippen LogP contribution in [0.1, 0.15) is 42.5 Å². The molecule has 2 atom stereocenters. The van der Waals surface area contributed by atoms with Crippen molar-refractivity contribution in [2.45, 2.75) is 58.3 Å². The number of benzene rings is 2. The van der Waals surface area contributed by atoms with Gasteiger partial charge in [0, 0.05) is 26.2 Å². The van der Waals surface area contributed by atoms with Crippen molar-refractivity contribution in [3.05, 3.63) is 70.8 Å². The molecule has 35 heavy (non-hydrogen) atoms. The average Bonchev–Trinajstić information content (AvgIpc) is 3.29. The molecule has 0 radical (unpaired) electrons. The minimum absolute atomic E-state index is 0.0109. The molecule has 0 spiro atoms. The molecule has 0 aromatic heterocycles. The lowest BCUT2D eigenvalue weighted by Crippen LogP contribution is -2.65. The summed E-state index contributed by atoms with van der Waals surface area (Å²) in [4.78, 5) is 31.4. The van der Waals surface area contributed by atoms with Gasteiger partial charge in [0.25, 0.3) is 0 Å². The summed E-state index contributed by atoms with van der Waals surface area (Å²) >= 11 is 0. The second-order valence-corrected chi connectivity index (χ2v) is 10.7. The molecule has 1 N–H and O–H groups in total. The van der Waals surface area contributed by atoms with Crippen molar-refractivity contribution in [3.63, 3.8) is 0 Å². The maximum absolute atomic E-state index is 13.8. The first-order valence-electron chi connectivity index (χ1n) is 13.0. The molecule has 6 nitrogen and oxygen atoms in total. The number of rotatable bonds is 7. The molecular formula is C29H37N3O3. The van der Waals surface area contributed by atoms with E-state index in [1.54, 1.807) is 0 Å². The molecule has 3 aliphatic rings. The number of ether oxygens (including phenoxy) is 1. The summed E-state index contributed by atoms with van der Waals surface area (Å²) in [6.07, 6.45) is 2.35. The fourth-order valence-electron chi connectivity index (χ4n) is 5.77. The SMILES string of the molecule is CC(C)C[C@@H]1C(=O)N[C@H](C2Cc3ccccc3C2)C(=O)N1Cc1ccc(CN2CCOCC2)cc1. The van der Waals surface area contributed by atoms with Crippen LogP contribution in [0, 0.1) is 11.8 Å². The number of hydrogen-bond donors (Lipinski definition) is 1. The number of carbonyl (C=O) groups is 2. The Balaban J connectivity index is 1.31. The van der Waals surface area contributed by atoms with Crippen LogP contribution >= 0.6 is 0 Å². The van der Waals surface area contributed by atoms with E-state index in [9.17, 15) is 9.59 Å². The van der Waals surface area contributed by atoms with E-state index in [1.165, 1.54) is 16.7 Å². The smallest absolute Gasteiger partial charge is 0.246 e. The monoisotopic (exact) mass is 475 g/mol. The number of hydrogen-bond acceptors (Lipinski definition) is 4. The summed E-state index contributed by atoms with van der Waals surface area (Å²) in [5, 5.41) is 3.12. The second-order valence-electron chi connectivity index (χ2n) is 10.7. The van der Waals surface area contributed by atoms with Crippen molar-refractivity contribution in [3.8, 4) is 0 Å². The molecule has 186 valence electrons. The van der Waals surface area contributed by atoms with Crippen LogP contribution in [0.5, 0.6) is 0 Å². The van der Waals surface area contributed by atoms with Crippen LogP contribution in [-0.2, 0) is 40.3 Å². The Morgan fingerprint density at radius 3 is 2.11 bits per heavy atom. The van der Waals surface area contributed by atoms with Gasteiger partial charge in [0.05, 0.1) is 13.2 Å². The summed E-state index contributed by atoms with van der Waals surface area (Å²) in [6.45, 7) is 9.10. The van der Waals surface area contributed by atoms with Crippen LogP contribution in [-0.4, -0.2) is 60.0 Å². The minimum atomic E-state index is -0.459. The Kier molecular flexibility index (Phi) is 7.21. The number of piperazine rings is 1. The van der Waals surface area contributed by atoms with E-state index < -0.39 is 12.1 Å². The quantitative estimate of drug-likeness (QED) is 0.668. The highest BCUT2D eigenvalue weighted by atomic mass is 16.5. The van der Waals surface area contributed by atoms with E-state index in [-0.39, 0.29) is 17.7 Å². The van der Waals surface area contributed by atoms with Gasteiger partial charge in [-0.1, -0.05) is 62.4 Å². The lowest BCUT2D eigenvalue weighted by atomic mass is 9.90. The van der Waals surface area contributed by atoms with Gasteiger partial charge in [-0.25, -0.2) is 0 Å². The molecule has 2 aromatic carbocycles. The van der Waals surface area contributed by atoms with Gasteiger partial charge in [0.15, 0.2) is 0 Å². The third-order valence-corrected chi connectivity index (χ3v) is 7.66. The Labute approximate surface area is 208 Å². The molecule has 2 saturated heterocycles. The van der Waals surface area contributed by atoms with Gasteiger partial charge in [-0.15, -0.1) is 0 Å². The van der Waals surface area contributed by atoms with Gasteiger partial charge in [-0.3, -0.25) is 14.5 Å².